The fourth-order valence-corrected chi connectivity index (χ4v) is 7.84. The second kappa shape index (κ2) is 14.8. The van der Waals surface area contributed by atoms with E-state index < -0.39 is 92.5 Å². The minimum atomic E-state index is -5.05. The molecule has 0 spiro atoms. The van der Waals surface area contributed by atoms with Crippen molar-refractivity contribution >= 4 is 86.6 Å². The number of nitro groups is 2. The van der Waals surface area contributed by atoms with Crippen LogP contribution in [0.25, 0.3) is 12.2 Å². The molecule has 0 saturated carbocycles. The van der Waals surface area contributed by atoms with E-state index in [1.165, 1.54) is 0 Å². The summed E-state index contributed by atoms with van der Waals surface area (Å²) in [6.07, 6.45) is 3.47. The van der Waals surface area contributed by atoms with Crippen LogP contribution in [0.1, 0.15) is 31.8 Å². The zero-order chi connectivity index (χ0) is 40.6. The number of sulfone groups is 2. The highest BCUT2D eigenvalue weighted by Gasteiger charge is 2.26. The molecule has 284 valence electrons. The first-order chi connectivity index (χ1) is 24.8. The van der Waals surface area contributed by atoms with Crippen LogP contribution in [-0.2, 0) is 39.9 Å². The van der Waals surface area contributed by atoms with Crippen LogP contribution in [0.4, 0.5) is 22.7 Å². The Balaban J connectivity index is 1.65. The Kier molecular flexibility index (Phi) is 11.2. The Morgan fingerprint density at radius 2 is 0.889 bits per heavy atom. The van der Waals surface area contributed by atoms with E-state index in [0.717, 1.165) is 85.3 Å². The molecule has 4 rings (SSSR count). The fourth-order valence-electron chi connectivity index (χ4n) is 4.76. The molecule has 24 heteroatoms. The summed E-state index contributed by atoms with van der Waals surface area (Å²) in [5.41, 5.74) is -3.61. The minimum Gasteiger partial charge on any atom is -0.322 e. The van der Waals surface area contributed by atoms with Gasteiger partial charge in [-0.1, -0.05) is 24.3 Å². The Morgan fingerprint density at radius 1 is 0.556 bits per heavy atom. The summed E-state index contributed by atoms with van der Waals surface area (Å²) < 4.78 is 116. The molecular formula is C30H24N4O16S4. The Morgan fingerprint density at radius 3 is 1.17 bits per heavy atom. The quantitative estimate of drug-likeness (QED) is 0.0687. The second-order valence-corrected chi connectivity index (χ2v) is 17.9. The van der Waals surface area contributed by atoms with E-state index in [1.54, 1.807) is 0 Å². The lowest BCUT2D eigenvalue weighted by Crippen LogP contribution is -2.14. The molecule has 2 amide bonds. The molecule has 0 bridgehead atoms. The van der Waals surface area contributed by atoms with Crippen molar-refractivity contribution in [1.29, 1.82) is 0 Å². The largest absolute Gasteiger partial charge is 0.322 e. The molecule has 54 heavy (non-hydrogen) atoms. The summed E-state index contributed by atoms with van der Waals surface area (Å²) in [5.74, 6) is -2.06. The van der Waals surface area contributed by atoms with Gasteiger partial charge >= 0.3 is 0 Å². The van der Waals surface area contributed by atoms with E-state index in [9.17, 15) is 72.6 Å². The van der Waals surface area contributed by atoms with Crippen LogP contribution in [0.5, 0.6) is 0 Å². The number of nitrogens with one attached hydrogen (secondary N) is 2. The second-order valence-electron chi connectivity index (χ2n) is 11.1. The molecule has 0 unspecified atom stereocenters. The number of amides is 2. The predicted octanol–water partition coefficient (Wildman–Crippen LogP) is 3.48. The van der Waals surface area contributed by atoms with Crippen LogP contribution in [-0.4, -0.2) is 76.9 Å². The molecule has 4 aromatic carbocycles. The highest BCUT2D eigenvalue weighted by molar-refractivity contribution is 7.91. The molecule has 0 radical (unpaired) electrons. The van der Waals surface area contributed by atoms with Crippen molar-refractivity contribution in [3.8, 4) is 0 Å². The summed E-state index contributed by atoms with van der Waals surface area (Å²) >= 11 is 0. The van der Waals surface area contributed by atoms with E-state index in [2.05, 4.69) is 10.6 Å². The summed E-state index contributed by atoms with van der Waals surface area (Å²) in [7, 11) is -18.2. The number of nitrogens with zero attached hydrogens (tertiary/aromatic N) is 2. The van der Waals surface area contributed by atoms with Crippen molar-refractivity contribution in [2.75, 3.05) is 23.1 Å². The number of carbonyl (C=O) groups is 2. The summed E-state index contributed by atoms with van der Waals surface area (Å²) in [5, 5.41) is 27.4. The smallest absolute Gasteiger partial charge is 0.295 e. The van der Waals surface area contributed by atoms with Gasteiger partial charge in [0.25, 0.3) is 43.4 Å². The third-order valence-electron chi connectivity index (χ3n) is 7.18. The van der Waals surface area contributed by atoms with E-state index in [-0.39, 0.29) is 33.6 Å². The Bertz CT molecular complexity index is 2580. The zero-order valence-electron chi connectivity index (χ0n) is 27.2. The number of nitro benzene ring substituents is 2. The van der Waals surface area contributed by atoms with Gasteiger partial charge in [-0.15, -0.1) is 0 Å². The molecular weight excluding hydrogens is 801 g/mol. The normalized spacial score (nSPS) is 12.3. The van der Waals surface area contributed by atoms with Gasteiger partial charge in [-0.2, -0.15) is 16.8 Å². The van der Waals surface area contributed by atoms with E-state index in [1.807, 2.05) is 0 Å². The number of rotatable bonds is 12. The van der Waals surface area contributed by atoms with Crippen molar-refractivity contribution in [3.63, 3.8) is 0 Å². The van der Waals surface area contributed by atoms with Crippen molar-refractivity contribution in [2.24, 2.45) is 0 Å². The molecule has 0 atom stereocenters. The van der Waals surface area contributed by atoms with Gasteiger partial charge in [0.05, 0.1) is 9.85 Å². The van der Waals surface area contributed by atoms with Crippen molar-refractivity contribution in [2.45, 2.75) is 19.6 Å². The van der Waals surface area contributed by atoms with Gasteiger partial charge in [0.1, 0.15) is 19.6 Å². The van der Waals surface area contributed by atoms with Crippen LogP contribution >= 0.6 is 0 Å². The lowest BCUT2D eigenvalue weighted by Gasteiger charge is -2.11. The molecule has 0 fully saturated rings. The first kappa shape index (κ1) is 40.8. The summed E-state index contributed by atoms with van der Waals surface area (Å²) in [4.78, 5) is 43.6. The topological polar surface area (TPSA) is 321 Å². The maximum absolute atomic E-state index is 12.8. The molecule has 0 saturated heterocycles. The molecule has 0 heterocycles. The third kappa shape index (κ3) is 9.54. The summed E-state index contributed by atoms with van der Waals surface area (Å²) in [6, 6.07) is 11.0. The number of benzene rings is 4. The highest BCUT2D eigenvalue weighted by Crippen LogP contribution is 2.29. The van der Waals surface area contributed by atoms with Gasteiger partial charge in [-0.05, 0) is 59.7 Å². The van der Waals surface area contributed by atoms with Gasteiger partial charge in [0, 0.05) is 47.1 Å². The standard InChI is InChI=1S/C30H24N4O16S4/c1-51(41,42)25-11-7-19(13-23(25)33(37)38)29(35)31-21-9-5-17(27(15-21)53(45,46)47)3-4-18-6-10-22(16-28(18)54(48,49)50)32-30(36)20-8-12-26(52(2,43)44)24(14-20)34(39)40/h3-16H,1-2H3,(H,31,35)(H,32,36)(H,45,46,47)(H,48,49,50). The molecule has 0 aliphatic carbocycles. The van der Waals surface area contributed by atoms with E-state index in [4.69, 9.17) is 0 Å². The molecule has 4 aromatic rings. The first-order valence-corrected chi connectivity index (χ1v) is 20.9. The van der Waals surface area contributed by atoms with Gasteiger partial charge < -0.3 is 10.6 Å². The average molecular weight is 825 g/mol. The van der Waals surface area contributed by atoms with E-state index >= 15 is 0 Å². The van der Waals surface area contributed by atoms with Crippen molar-refractivity contribution < 1.29 is 62.2 Å². The Labute approximate surface area is 305 Å². The monoisotopic (exact) mass is 824 g/mol. The zero-order valence-corrected chi connectivity index (χ0v) is 30.5. The van der Waals surface area contributed by atoms with Gasteiger partial charge in [0.2, 0.25) is 0 Å². The highest BCUT2D eigenvalue weighted by atomic mass is 32.2. The van der Waals surface area contributed by atoms with Crippen LogP contribution in [0.3, 0.4) is 0 Å². The third-order valence-corrected chi connectivity index (χ3v) is 11.3. The van der Waals surface area contributed by atoms with Crippen molar-refractivity contribution in [1.82, 2.24) is 0 Å². The van der Waals surface area contributed by atoms with Gasteiger partial charge in [0.15, 0.2) is 19.7 Å². The maximum Gasteiger partial charge on any atom is 0.295 e. The van der Waals surface area contributed by atoms with Crippen LogP contribution < -0.4 is 10.6 Å². The molecule has 0 aromatic heterocycles. The lowest BCUT2D eigenvalue weighted by atomic mass is 10.1. The molecule has 4 N–H and O–H groups in total. The fraction of sp³-hybridized carbons (Fsp3) is 0.0667. The van der Waals surface area contributed by atoms with Gasteiger partial charge in [-0.25, -0.2) is 16.8 Å². The minimum absolute atomic E-state index is 0.255. The predicted molar refractivity (Wildman–Crippen MR) is 190 cm³/mol. The molecule has 20 nitrogen and oxygen atoms in total. The van der Waals surface area contributed by atoms with E-state index in [0.29, 0.717) is 12.1 Å². The number of hydrogen-bond acceptors (Lipinski definition) is 14. The Hall–Kier alpha value is -5.92. The number of hydrogen-bond donors (Lipinski definition) is 4. The SMILES string of the molecule is CS(=O)(=O)c1ccc(C(=O)Nc2ccc(C=Cc3ccc(NC(=O)c4ccc(S(C)(=O)=O)c([N+](=O)[O-])c4)cc3S(=O)(=O)O)c(S(=O)(=O)O)c2)cc1[N+](=O)[O-]. The van der Waals surface area contributed by atoms with Crippen LogP contribution in [0, 0.1) is 20.2 Å². The lowest BCUT2D eigenvalue weighted by molar-refractivity contribution is -0.388. The van der Waals surface area contributed by atoms with Gasteiger partial charge in [-0.3, -0.25) is 38.9 Å². The molecule has 0 aliphatic rings. The average Bonchev–Trinajstić information content (AvgIpc) is 3.05. The maximum atomic E-state index is 12.8. The summed E-state index contributed by atoms with van der Waals surface area (Å²) in [6.45, 7) is 0. The van der Waals surface area contributed by atoms with Crippen molar-refractivity contribution in [3.05, 3.63) is 115 Å². The van der Waals surface area contributed by atoms with Crippen LogP contribution in [0.2, 0.25) is 0 Å². The number of anilines is 2. The first-order valence-electron chi connectivity index (χ1n) is 14.3. The number of carbonyl (C=O) groups excluding carboxylic acids is 2. The van der Waals surface area contributed by atoms with Crippen LogP contribution in [0.15, 0.2) is 92.4 Å². The molecule has 0 aliphatic heterocycles.